The molecule has 0 bridgehead atoms. The molecule has 1 aliphatic heterocycles. The second-order valence-corrected chi connectivity index (χ2v) is 8.61. The van der Waals surface area contributed by atoms with Crippen molar-refractivity contribution in [3.8, 4) is 5.75 Å². The maximum Gasteiger partial charge on any atom is 0.289 e. The first-order valence-electron chi connectivity index (χ1n) is 9.91. The van der Waals surface area contributed by atoms with Crippen molar-refractivity contribution in [3.05, 3.63) is 87.0 Å². The predicted octanol–water partition coefficient (Wildman–Crippen LogP) is 5.37. The van der Waals surface area contributed by atoms with Gasteiger partial charge in [-0.25, -0.2) is 4.39 Å². The smallest absolute Gasteiger partial charge is 0.289 e. The van der Waals surface area contributed by atoms with E-state index in [1.807, 2.05) is 12.1 Å². The summed E-state index contributed by atoms with van der Waals surface area (Å²) in [6.07, 6.45) is 0. The fourth-order valence-electron chi connectivity index (χ4n) is 3.44. The second kappa shape index (κ2) is 9.85. The van der Waals surface area contributed by atoms with Gasteiger partial charge in [-0.1, -0.05) is 45.7 Å². The second-order valence-electron chi connectivity index (χ2n) is 7.29. The Morgan fingerprint density at radius 3 is 2.61 bits per heavy atom. The topological polar surface area (TPSA) is 45.9 Å². The summed E-state index contributed by atoms with van der Waals surface area (Å²) in [5, 5.41) is 0.491. The van der Waals surface area contributed by atoms with E-state index in [1.165, 1.54) is 6.07 Å². The van der Waals surface area contributed by atoms with Crippen molar-refractivity contribution < 1.29 is 18.3 Å². The highest BCUT2D eigenvalue weighted by atomic mass is 79.9. The number of piperazine rings is 1. The lowest BCUT2D eigenvalue weighted by Gasteiger charge is -2.34. The Labute approximate surface area is 193 Å². The molecule has 162 valence electrons. The third-order valence-corrected chi connectivity index (χ3v) is 5.94. The van der Waals surface area contributed by atoms with Gasteiger partial charge in [0.1, 0.15) is 23.9 Å². The summed E-state index contributed by atoms with van der Waals surface area (Å²) in [6.45, 7) is 3.20. The lowest BCUT2D eigenvalue weighted by Crippen LogP contribution is -2.48. The zero-order valence-corrected chi connectivity index (χ0v) is 19.0. The van der Waals surface area contributed by atoms with Crippen LogP contribution in [0.15, 0.2) is 63.5 Å². The average Bonchev–Trinajstić information content (AvgIpc) is 3.24. The molecule has 1 saturated heterocycles. The van der Waals surface area contributed by atoms with E-state index in [-0.39, 0.29) is 24.1 Å². The molecule has 0 aliphatic carbocycles. The quantitative estimate of drug-likeness (QED) is 0.450. The molecule has 5 nitrogen and oxygen atoms in total. The van der Waals surface area contributed by atoms with Gasteiger partial charge < -0.3 is 14.1 Å². The molecule has 1 aliphatic rings. The third-order valence-electron chi connectivity index (χ3n) is 5.15. The van der Waals surface area contributed by atoms with E-state index in [4.69, 9.17) is 20.8 Å². The van der Waals surface area contributed by atoms with Gasteiger partial charge in [0.2, 0.25) is 0 Å². The van der Waals surface area contributed by atoms with Crippen molar-refractivity contribution in [1.29, 1.82) is 0 Å². The van der Waals surface area contributed by atoms with Crippen LogP contribution < -0.4 is 4.74 Å². The first-order valence-corrected chi connectivity index (χ1v) is 11.1. The third kappa shape index (κ3) is 5.47. The molecule has 0 atom stereocenters. The van der Waals surface area contributed by atoms with Crippen LogP contribution in [0.25, 0.3) is 0 Å². The summed E-state index contributed by atoms with van der Waals surface area (Å²) < 4.78 is 26.1. The van der Waals surface area contributed by atoms with Crippen molar-refractivity contribution in [3.63, 3.8) is 0 Å². The lowest BCUT2D eigenvalue weighted by molar-refractivity contribution is 0.0592. The fourth-order valence-corrected chi connectivity index (χ4v) is 4.17. The number of amides is 1. The number of nitrogens with zero attached hydrogens (tertiary/aromatic N) is 2. The highest BCUT2D eigenvalue weighted by Crippen LogP contribution is 2.28. The zero-order chi connectivity index (χ0) is 21.8. The minimum atomic E-state index is -0.198. The number of carbonyl (C=O) groups is 1. The molecule has 0 spiro atoms. The van der Waals surface area contributed by atoms with Crippen LogP contribution >= 0.6 is 27.5 Å². The molecule has 8 heteroatoms. The van der Waals surface area contributed by atoms with Gasteiger partial charge >= 0.3 is 0 Å². The molecule has 1 aromatic heterocycles. The summed E-state index contributed by atoms with van der Waals surface area (Å²) in [5.74, 6) is 1.01. The molecule has 1 fully saturated rings. The highest BCUT2D eigenvalue weighted by Gasteiger charge is 2.24. The van der Waals surface area contributed by atoms with Gasteiger partial charge in [-0.15, -0.1) is 0 Å². The highest BCUT2D eigenvalue weighted by molar-refractivity contribution is 9.10. The van der Waals surface area contributed by atoms with Crippen LogP contribution in [0.5, 0.6) is 5.75 Å². The average molecular weight is 508 g/mol. The number of halogens is 3. The minimum absolute atomic E-state index is 0.154. The van der Waals surface area contributed by atoms with E-state index >= 15 is 0 Å². The number of carbonyl (C=O) groups excluding carboxylic acids is 1. The number of ether oxygens (including phenoxy) is 1. The summed E-state index contributed by atoms with van der Waals surface area (Å²) >= 11 is 9.51. The number of benzene rings is 2. The Bertz CT molecular complexity index is 1070. The van der Waals surface area contributed by atoms with Crippen molar-refractivity contribution in [2.24, 2.45) is 0 Å². The van der Waals surface area contributed by atoms with E-state index in [0.717, 1.165) is 4.47 Å². The van der Waals surface area contributed by atoms with Crippen LogP contribution in [-0.4, -0.2) is 41.9 Å². The first-order chi connectivity index (χ1) is 15.0. The van der Waals surface area contributed by atoms with Crippen LogP contribution in [0.2, 0.25) is 5.02 Å². The van der Waals surface area contributed by atoms with Gasteiger partial charge in [0.15, 0.2) is 5.76 Å². The molecule has 2 aromatic carbocycles. The Morgan fingerprint density at radius 1 is 1.10 bits per heavy atom. The maximum atomic E-state index is 13.9. The normalized spacial score (nSPS) is 14.6. The molecular formula is C23H21BrClFN2O3. The number of hydrogen-bond acceptors (Lipinski definition) is 4. The molecule has 0 saturated carbocycles. The van der Waals surface area contributed by atoms with E-state index in [9.17, 15) is 9.18 Å². The summed E-state index contributed by atoms with van der Waals surface area (Å²) in [5.41, 5.74) is 0.670. The summed E-state index contributed by atoms with van der Waals surface area (Å²) in [4.78, 5) is 16.7. The van der Waals surface area contributed by atoms with Crippen molar-refractivity contribution in [2.75, 3.05) is 26.2 Å². The van der Waals surface area contributed by atoms with Crippen LogP contribution in [0.4, 0.5) is 4.39 Å². The number of rotatable bonds is 6. The number of hydrogen-bond donors (Lipinski definition) is 0. The minimum Gasteiger partial charge on any atom is -0.484 e. The molecule has 0 N–H and O–H groups in total. The van der Waals surface area contributed by atoms with Gasteiger partial charge in [-0.3, -0.25) is 9.69 Å². The van der Waals surface area contributed by atoms with Crippen molar-refractivity contribution >= 4 is 33.4 Å². The molecule has 1 amide bonds. The van der Waals surface area contributed by atoms with Gasteiger partial charge in [-0.05, 0) is 36.4 Å². The van der Waals surface area contributed by atoms with Gasteiger partial charge in [0, 0.05) is 42.8 Å². The molecule has 0 radical (unpaired) electrons. The number of furan rings is 1. The fraction of sp³-hybridized carbons (Fsp3) is 0.261. The van der Waals surface area contributed by atoms with Crippen LogP contribution in [0.3, 0.4) is 0 Å². The summed E-state index contributed by atoms with van der Waals surface area (Å²) in [6, 6.07) is 15.5. The lowest BCUT2D eigenvalue weighted by atomic mass is 10.2. The monoisotopic (exact) mass is 506 g/mol. The van der Waals surface area contributed by atoms with E-state index in [1.54, 1.807) is 41.3 Å². The predicted molar refractivity (Wildman–Crippen MR) is 120 cm³/mol. The van der Waals surface area contributed by atoms with Crippen LogP contribution in [-0.2, 0) is 13.2 Å². The Morgan fingerprint density at radius 2 is 1.87 bits per heavy atom. The van der Waals surface area contributed by atoms with Gasteiger partial charge in [0.05, 0.1) is 5.02 Å². The van der Waals surface area contributed by atoms with Crippen molar-refractivity contribution in [2.45, 2.75) is 13.2 Å². The largest absolute Gasteiger partial charge is 0.484 e. The Kier molecular flexibility index (Phi) is 6.95. The molecule has 4 rings (SSSR count). The van der Waals surface area contributed by atoms with Crippen LogP contribution in [0, 0.1) is 5.82 Å². The van der Waals surface area contributed by atoms with Crippen molar-refractivity contribution in [1.82, 2.24) is 9.80 Å². The SMILES string of the molecule is O=C(c1ccc(COc2ccc(Br)cc2Cl)o1)N1CCN(Cc2ccccc2F)CC1. The standard InChI is InChI=1S/C23H21BrClFN2O3/c24-17-5-7-21(19(25)13-17)30-15-18-6-8-22(31-18)23(29)28-11-9-27(10-12-28)14-16-3-1-2-4-20(16)26/h1-8,13H,9-12,14-15H2. The first kappa shape index (κ1) is 21.9. The Hall–Kier alpha value is -2.35. The molecule has 0 unspecified atom stereocenters. The molecule has 3 aromatic rings. The van der Waals surface area contributed by atoms with E-state index in [2.05, 4.69) is 20.8 Å². The zero-order valence-electron chi connectivity index (χ0n) is 16.7. The summed E-state index contributed by atoms with van der Waals surface area (Å²) in [7, 11) is 0. The van der Waals surface area contributed by atoms with Gasteiger partial charge in [0.25, 0.3) is 5.91 Å². The maximum absolute atomic E-state index is 13.9. The van der Waals surface area contributed by atoms with Gasteiger partial charge in [-0.2, -0.15) is 0 Å². The Balaban J connectivity index is 1.29. The molecule has 2 heterocycles. The van der Waals surface area contributed by atoms with E-state index in [0.29, 0.717) is 54.8 Å². The molecular weight excluding hydrogens is 487 g/mol. The van der Waals surface area contributed by atoms with Crippen LogP contribution in [0.1, 0.15) is 21.9 Å². The van der Waals surface area contributed by atoms with E-state index < -0.39 is 0 Å². The molecule has 31 heavy (non-hydrogen) atoms.